The van der Waals surface area contributed by atoms with Crippen molar-refractivity contribution in [1.82, 2.24) is 9.97 Å². The van der Waals surface area contributed by atoms with Crippen molar-refractivity contribution in [3.63, 3.8) is 0 Å². The summed E-state index contributed by atoms with van der Waals surface area (Å²) in [5, 5.41) is 4.36. The van der Waals surface area contributed by atoms with Crippen molar-refractivity contribution in [2.24, 2.45) is 0 Å². The molecule has 82 valence electrons. The fourth-order valence-corrected chi connectivity index (χ4v) is 1.98. The van der Waals surface area contributed by atoms with Gasteiger partial charge in [-0.15, -0.1) is 11.8 Å². The number of nitrogens with zero attached hydrogens (tertiary/aromatic N) is 2. The van der Waals surface area contributed by atoms with Gasteiger partial charge in [-0.2, -0.15) is 0 Å². The highest BCUT2D eigenvalue weighted by atomic mass is 32.2. The van der Waals surface area contributed by atoms with Crippen LogP contribution in [0.2, 0.25) is 0 Å². The Kier molecular flexibility index (Phi) is 3.80. The molecule has 1 saturated heterocycles. The highest BCUT2D eigenvalue weighted by Crippen LogP contribution is 2.16. The van der Waals surface area contributed by atoms with Crippen molar-refractivity contribution < 1.29 is 4.74 Å². The quantitative estimate of drug-likeness (QED) is 0.627. The van der Waals surface area contributed by atoms with E-state index in [1.807, 2.05) is 12.3 Å². The average Bonchev–Trinajstić information content (AvgIpc) is 2.31. The fourth-order valence-electron chi connectivity index (χ4n) is 1.59. The van der Waals surface area contributed by atoms with Gasteiger partial charge in [-0.25, -0.2) is 9.97 Å². The largest absolute Gasteiger partial charge is 0.379 e. The highest BCUT2D eigenvalue weighted by Gasteiger charge is 2.13. The molecule has 2 rings (SSSR count). The lowest BCUT2D eigenvalue weighted by atomic mass is 10.1. The lowest BCUT2D eigenvalue weighted by molar-refractivity contribution is 0.0875. The summed E-state index contributed by atoms with van der Waals surface area (Å²) in [7, 11) is 0. The van der Waals surface area contributed by atoms with Crippen LogP contribution in [0.3, 0.4) is 0 Å². The van der Waals surface area contributed by atoms with E-state index in [1.165, 1.54) is 0 Å². The van der Waals surface area contributed by atoms with Gasteiger partial charge in [0.1, 0.15) is 17.2 Å². The Morgan fingerprint density at radius 2 is 2.47 bits per heavy atom. The lowest BCUT2D eigenvalue weighted by Crippen LogP contribution is -2.30. The zero-order chi connectivity index (χ0) is 10.5. The van der Waals surface area contributed by atoms with E-state index >= 15 is 0 Å². The molecule has 2 heterocycles. The van der Waals surface area contributed by atoms with Crippen LogP contribution in [0.4, 0.5) is 5.82 Å². The third-order valence-corrected chi connectivity index (χ3v) is 3.00. The van der Waals surface area contributed by atoms with Gasteiger partial charge in [-0.05, 0) is 19.1 Å². The van der Waals surface area contributed by atoms with Crippen LogP contribution >= 0.6 is 11.8 Å². The van der Waals surface area contributed by atoms with Crippen molar-refractivity contribution >= 4 is 17.6 Å². The number of ether oxygens (including phenoxy) is 1. The van der Waals surface area contributed by atoms with E-state index in [0.29, 0.717) is 6.04 Å². The molecule has 0 aliphatic carbocycles. The number of thioether (sulfide) groups is 1. The molecular weight excluding hydrogens is 210 g/mol. The predicted octanol–water partition coefficient (Wildman–Crippen LogP) is 1.79. The zero-order valence-electron chi connectivity index (χ0n) is 8.77. The normalized spacial score (nSPS) is 21.3. The Bertz CT molecular complexity index is 315. The summed E-state index contributed by atoms with van der Waals surface area (Å²) < 4.78 is 5.40. The Labute approximate surface area is 93.8 Å². The van der Waals surface area contributed by atoms with Gasteiger partial charge in [-0.3, -0.25) is 0 Å². The molecule has 1 N–H and O–H groups in total. The first-order valence-corrected chi connectivity index (χ1v) is 6.31. The van der Waals surface area contributed by atoms with E-state index < -0.39 is 0 Å². The van der Waals surface area contributed by atoms with E-state index in [0.717, 1.165) is 36.9 Å². The molecule has 0 aromatic carbocycles. The third-order valence-electron chi connectivity index (χ3n) is 2.36. The van der Waals surface area contributed by atoms with Crippen LogP contribution in [0.25, 0.3) is 0 Å². The minimum absolute atomic E-state index is 0.392. The summed E-state index contributed by atoms with van der Waals surface area (Å²) in [6.07, 6.45) is 5.88. The molecule has 0 spiro atoms. The van der Waals surface area contributed by atoms with Crippen molar-refractivity contribution in [1.29, 1.82) is 0 Å². The van der Waals surface area contributed by atoms with Crippen molar-refractivity contribution in [3.05, 3.63) is 12.4 Å². The maximum absolute atomic E-state index is 5.40. The Hall–Kier alpha value is -0.810. The van der Waals surface area contributed by atoms with E-state index in [2.05, 4.69) is 15.3 Å². The van der Waals surface area contributed by atoms with E-state index in [9.17, 15) is 0 Å². The molecule has 1 aliphatic heterocycles. The number of rotatable bonds is 3. The number of anilines is 1. The van der Waals surface area contributed by atoms with Gasteiger partial charge in [0.2, 0.25) is 0 Å². The van der Waals surface area contributed by atoms with Gasteiger partial charge in [0.25, 0.3) is 0 Å². The maximum atomic E-state index is 5.40. The van der Waals surface area contributed by atoms with Crippen LogP contribution in [0.15, 0.2) is 17.4 Å². The molecule has 1 unspecified atom stereocenters. The first-order chi connectivity index (χ1) is 7.38. The average molecular weight is 225 g/mol. The van der Waals surface area contributed by atoms with Gasteiger partial charge in [0.15, 0.2) is 0 Å². The summed E-state index contributed by atoms with van der Waals surface area (Å²) in [5.41, 5.74) is 0. The standard InChI is InChI=1S/C10H15N3OS/c1-15-10-5-9(11-7-12-10)13-8-3-2-4-14-6-8/h5,7-8H,2-4,6H2,1H3,(H,11,12,13). The van der Waals surface area contributed by atoms with Crippen LogP contribution in [-0.2, 0) is 4.74 Å². The summed E-state index contributed by atoms with van der Waals surface area (Å²) >= 11 is 1.62. The summed E-state index contributed by atoms with van der Waals surface area (Å²) in [6, 6.07) is 2.36. The van der Waals surface area contributed by atoms with Crippen LogP contribution in [0.5, 0.6) is 0 Å². The number of hydrogen-bond acceptors (Lipinski definition) is 5. The molecule has 15 heavy (non-hydrogen) atoms. The summed E-state index contributed by atoms with van der Waals surface area (Å²) in [5.74, 6) is 0.893. The molecule has 1 fully saturated rings. The van der Waals surface area contributed by atoms with Crippen molar-refractivity contribution in [3.8, 4) is 0 Å². The Morgan fingerprint density at radius 1 is 1.53 bits per heavy atom. The van der Waals surface area contributed by atoms with Crippen LogP contribution in [-0.4, -0.2) is 35.5 Å². The van der Waals surface area contributed by atoms with Crippen LogP contribution in [0, 0.1) is 0 Å². The zero-order valence-corrected chi connectivity index (χ0v) is 9.59. The second-order valence-corrected chi connectivity index (χ2v) is 4.33. The van der Waals surface area contributed by atoms with Gasteiger partial charge >= 0.3 is 0 Å². The molecule has 5 heteroatoms. The van der Waals surface area contributed by atoms with E-state index in [4.69, 9.17) is 4.74 Å². The second-order valence-electron chi connectivity index (χ2n) is 3.50. The lowest BCUT2D eigenvalue weighted by Gasteiger charge is -2.23. The minimum atomic E-state index is 0.392. The Morgan fingerprint density at radius 3 is 3.20 bits per heavy atom. The maximum Gasteiger partial charge on any atom is 0.130 e. The summed E-state index contributed by atoms with van der Waals surface area (Å²) in [6.45, 7) is 1.66. The number of aromatic nitrogens is 2. The predicted molar refractivity (Wildman–Crippen MR) is 61.3 cm³/mol. The highest BCUT2D eigenvalue weighted by molar-refractivity contribution is 7.98. The van der Waals surface area contributed by atoms with Crippen molar-refractivity contribution in [2.75, 3.05) is 24.8 Å². The van der Waals surface area contributed by atoms with Gasteiger partial charge in [0, 0.05) is 12.7 Å². The molecule has 1 aromatic rings. The smallest absolute Gasteiger partial charge is 0.130 e. The number of nitrogens with one attached hydrogen (secondary N) is 1. The molecule has 1 atom stereocenters. The molecule has 1 aromatic heterocycles. The molecule has 0 bridgehead atoms. The van der Waals surface area contributed by atoms with Crippen molar-refractivity contribution in [2.45, 2.75) is 23.9 Å². The van der Waals surface area contributed by atoms with Gasteiger partial charge in [0.05, 0.1) is 12.6 Å². The van der Waals surface area contributed by atoms with Gasteiger partial charge in [-0.1, -0.05) is 0 Å². The van der Waals surface area contributed by atoms with E-state index in [-0.39, 0.29) is 0 Å². The van der Waals surface area contributed by atoms with Crippen LogP contribution in [0.1, 0.15) is 12.8 Å². The molecule has 0 amide bonds. The fraction of sp³-hybridized carbons (Fsp3) is 0.600. The topological polar surface area (TPSA) is 47.0 Å². The first-order valence-electron chi connectivity index (χ1n) is 5.09. The van der Waals surface area contributed by atoms with Crippen LogP contribution < -0.4 is 5.32 Å². The second kappa shape index (κ2) is 5.32. The summed E-state index contributed by atoms with van der Waals surface area (Å²) in [4.78, 5) is 8.32. The van der Waals surface area contributed by atoms with E-state index in [1.54, 1.807) is 18.1 Å². The number of hydrogen-bond donors (Lipinski definition) is 1. The third kappa shape index (κ3) is 3.07. The minimum Gasteiger partial charge on any atom is -0.379 e. The monoisotopic (exact) mass is 225 g/mol. The van der Waals surface area contributed by atoms with Gasteiger partial charge < -0.3 is 10.1 Å². The molecule has 4 nitrogen and oxygen atoms in total. The molecular formula is C10H15N3OS. The SMILES string of the molecule is CSc1cc(NC2CCCOC2)ncn1. The Balaban J connectivity index is 1.96. The first kappa shape index (κ1) is 10.7. The molecule has 0 radical (unpaired) electrons. The molecule has 0 saturated carbocycles. The molecule has 1 aliphatic rings.